The molecule has 15 heteroatoms. The van der Waals surface area contributed by atoms with Crippen LogP contribution >= 0.6 is 0 Å². The third-order valence-corrected chi connectivity index (χ3v) is 13.6. The number of likely N-dealkylation sites (N-methyl/N-ethyl adjacent to an activating group) is 1. The van der Waals surface area contributed by atoms with Crippen LogP contribution in [-0.4, -0.2) is 112 Å². The molecule has 2 N–H and O–H groups in total. The van der Waals surface area contributed by atoms with Gasteiger partial charge in [0.05, 0.1) is 30.2 Å². The lowest BCUT2D eigenvalue weighted by atomic mass is 9.84. The molecule has 0 saturated carbocycles. The van der Waals surface area contributed by atoms with Crippen LogP contribution in [0.1, 0.15) is 83.7 Å². The molecule has 354 valence electrons. The van der Waals surface area contributed by atoms with Crippen LogP contribution in [0.25, 0.3) is 33.3 Å². The summed E-state index contributed by atoms with van der Waals surface area (Å²) in [6.45, 7) is 16.6. The van der Waals surface area contributed by atoms with Gasteiger partial charge in [0.15, 0.2) is 5.41 Å². The van der Waals surface area contributed by atoms with Crippen molar-refractivity contribution in [2.24, 2.45) is 16.7 Å². The second-order valence-corrected chi connectivity index (χ2v) is 19.4. The van der Waals surface area contributed by atoms with Gasteiger partial charge in [0.2, 0.25) is 17.7 Å². The van der Waals surface area contributed by atoms with Gasteiger partial charge in [-0.15, -0.1) is 0 Å². The van der Waals surface area contributed by atoms with Crippen molar-refractivity contribution in [3.8, 4) is 28.5 Å². The third-order valence-electron chi connectivity index (χ3n) is 13.6. The van der Waals surface area contributed by atoms with Gasteiger partial charge in [-0.1, -0.05) is 64.6 Å². The Morgan fingerprint density at radius 3 is 2.57 bits per heavy atom. The van der Waals surface area contributed by atoms with E-state index < -0.39 is 58.6 Å². The zero-order chi connectivity index (χ0) is 48.4. The fourth-order valence-electron chi connectivity index (χ4n) is 10.1. The maximum atomic E-state index is 14.7. The summed E-state index contributed by atoms with van der Waals surface area (Å²) >= 11 is 0. The van der Waals surface area contributed by atoms with Gasteiger partial charge in [0.1, 0.15) is 18.1 Å². The van der Waals surface area contributed by atoms with Crippen molar-refractivity contribution in [2.45, 2.75) is 104 Å². The van der Waals surface area contributed by atoms with E-state index in [0.29, 0.717) is 25.8 Å². The lowest BCUT2D eigenvalue weighted by molar-refractivity contribution is -0.155. The number of carbonyl (C=O) groups excluding carboxylic acids is 5. The molecule has 0 spiro atoms. The maximum Gasteiger partial charge on any atom is 0.324 e. The Morgan fingerprint density at radius 1 is 1.10 bits per heavy atom. The van der Waals surface area contributed by atoms with Gasteiger partial charge in [-0.25, -0.2) is 5.43 Å². The van der Waals surface area contributed by atoms with E-state index in [1.54, 1.807) is 27.2 Å². The average Bonchev–Trinajstić information content (AvgIpc) is 3.91. The fourth-order valence-corrected chi connectivity index (χ4v) is 10.1. The zero-order valence-corrected chi connectivity index (χ0v) is 40.1. The molecule has 67 heavy (non-hydrogen) atoms. The number of rotatable bonds is 10. The van der Waals surface area contributed by atoms with Gasteiger partial charge in [-0.2, -0.15) is 5.26 Å². The van der Waals surface area contributed by atoms with Crippen LogP contribution < -0.4 is 10.7 Å². The number of nitrogens with zero attached hydrogens (tertiary/aromatic N) is 6. The van der Waals surface area contributed by atoms with Crippen LogP contribution in [0.15, 0.2) is 73.4 Å². The number of aromatic nitrogens is 2. The molecule has 7 rings (SSSR count). The molecule has 2 fully saturated rings. The fraction of sp³-hybridized carbons (Fsp3) is 0.481. The van der Waals surface area contributed by atoms with E-state index >= 15 is 0 Å². The highest BCUT2D eigenvalue weighted by molar-refractivity contribution is 5.97. The largest absolute Gasteiger partial charge is 0.464 e. The summed E-state index contributed by atoms with van der Waals surface area (Å²) in [7, 11) is 3.16. The van der Waals surface area contributed by atoms with E-state index in [1.807, 2.05) is 37.3 Å². The number of nitrogens with one attached hydrogen (secondary N) is 2. The number of hydrogen-bond acceptors (Lipinski definition) is 10. The van der Waals surface area contributed by atoms with E-state index in [1.165, 1.54) is 21.9 Å². The summed E-state index contributed by atoms with van der Waals surface area (Å²) in [5.41, 5.74) is 8.69. The first-order chi connectivity index (χ1) is 32.0. The number of aryl methyl sites for hydroxylation is 1. The first kappa shape index (κ1) is 48.6. The van der Waals surface area contributed by atoms with Gasteiger partial charge in [0.25, 0.3) is 5.91 Å². The molecule has 2 saturated heterocycles. The van der Waals surface area contributed by atoms with Crippen LogP contribution in [-0.2, 0) is 52.8 Å². The van der Waals surface area contributed by atoms with Crippen LogP contribution in [0.2, 0.25) is 0 Å². The molecule has 6 bridgehead atoms. The standard InChI is InChI=1S/C52H64N8O7/c1-10-43(61)58-24-21-52(29-53,30-58)50(65)57(8)45(32(3)4)47(62)55-41-26-34-15-12-16-35(25-34)36-19-20-42-38(27-36)39(46(59(42)11-2)37-17-13-22-54-44(37)33(5)66-9)28-51(6,7)31-67-49(64)40-18-14-23-60(56-40)48(41)63/h10,12-13,15-17,19-20,22,25,27,32-33,40-41,45,56H,1,11,14,18,21,23-24,26,28,30-31H2,2-9H3,(H,55,62)/t33-,40-,41-,45-,52+/m0/s1. The average molecular weight is 913 g/mol. The quantitative estimate of drug-likeness (QED) is 0.138. The predicted octanol–water partition coefficient (Wildman–Crippen LogP) is 6.16. The van der Waals surface area contributed by atoms with Gasteiger partial charge < -0.3 is 29.2 Å². The lowest BCUT2D eigenvalue weighted by Crippen LogP contribution is -2.62. The second-order valence-electron chi connectivity index (χ2n) is 19.4. The number of likely N-dealkylation sites (tertiary alicyclic amines) is 1. The second kappa shape index (κ2) is 19.8. The van der Waals surface area contributed by atoms with Crippen LogP contribution in [0.5, 0.6) is 0 Å². The minimum absolute atomic E-state index is 0.0917. The Bertz CT molecular complexity index is 2610. The van der Waals surface area contributed by atoms with Crippen molar-refractivity contribution in [1.29, 1.82) is 5.26 Å². The first-order valence-corrected chi connectivity index (χ1v) is 23.3. The van der Waals surface area contributed by atoms with Gasteiger partial charge in [-0.05, 0) is 98.0 Å². The van der Waals surface area contributed by atoms with E-state index in [0.717, 1.165) is 56.2 Å². The third kappa shape index (κ3) is 9.74. The highest BCUT2D eigenvalue weighted by Gasteiger charge is 2.50. The van der Waals surface area contributed by atoms with Crippen molar-refractivity contribution in [3.63, 3.8) is 0 Å². The SMILES string of the molecule is C=CC(=O)N1CC[C@](C#N)(C(=O)N(C)[C@H](C(=O)N[C@H]2Cc3cccc(c3)-c3ccc4c(c3)c(c(-c3cccnc3[C@H](C)OC)n4CC)CC(C)(C)COC(=O)[C@@H]3CCCN(N3)C2=O)C(C)C)C1. The Balaban J connectivity index is 1.30. The first-order valence-electron chi connectivity index (χ1n) is 23.3. The van der Waals surface area contributed by atoms with Crippen LogP contribution in [0, 0.1) is 28.1 Å². The van der Waals surface area contributed by atoms with E-state index in [2.05, 4.69) is 73.0 Å². The van der Waals surface area contributed by atoms with Crippen molar-refractivity contribution >= 4 is 40.5 Å². The van der Waals surface area contributed by atoms with Crippen molar-refractivity contribution in [3.05, 3.63) is 90.3 Å². The minimum atomic E-state index is -1.55. The number of carbonyl (C=O) groups is 5. The number of hydrogen-bond donors (Lipinski definition) is 2. The Labute approximate surface area is 393 Å². The Morgan fingerprint density at radius 2 is 1.87 bits per heavy atom. The molecular weight excluding hydrogens is 849 g/mol. The topological polar surface area (TPSA) is 179 Å². The summed E-state index contributed by atoms with van der Waals surface area (Å²) < 4.78 is 14.2. The monoisotopic (exact) mass is 912 g/mol. The zero-order valence-electron chi connectivity index (χ0n) is 40.1. The molecule has 3 aliphatic rings. The predicted molar refractivity (Wildman–Crippen MR) is 254 cm³/mol. The van der Waals surface area contributed by atoms with E-state index in [9.17, 15) is 29.2 Å². The smallest absolute Gasteiger partial charge is 0.324 e. The van der Waals surface area contributed by atoms with Crippen LogP contribution in [0.4, 0.5) is 0 Å². The minimum Gasteiger partial charge on any atom is -0.464 e. The number of esters is 1. The van der Waals surface area contributed by atoms with Gasteiger partial charge >= 0.3 is 5.97 Å². The number of hydrazine groups is 1. The van der Waals surface area contributed by atoms with Gasteiger partial charge in [-0.3, -0.25) is 34.0 Å². The summed E-state index contributed by atoms with van der Waals surface area (Å²) in [5, 5.41) is 15.8. The van der Waals surface area contributed by atoms with Crippen molar-refractivity contribution in [1.82, 2.24) is 35.1 Å². The van der Waals surface area contributed by atoms with E-state index in [-0.39, 0.29) is 51.1 Å². The molecule has 0 aliphatic carbocycles. The summed E-state index contributed by atoms with van der Waals surface area (Å²) in [4.78, 5) is 77.5. The lowest BCUT2D eigenvalue weighted by Gasteiger charge is -2.37. The van der Waals surface area contributed by atoms with Crippen LogP contribution in [0.3, 0.4) is 0 Å². The molecule has 0 unspecified atom stereocenters. The highest BCUT2D eigenvalue weighted by Crippen LogP contribution is 2.42. The number of ether oxygens (including phenoxy) is 2. The molecule has 2 aromatic heterocycles. The molecule has 2 aromatic carbocycles. The molecule has 5 heterocycles. The summed E-state index contributed by atoms with van der Waals surface area (Å²) in [5.74, 6) is -2.90. The molecule has 4 amide bonds. The number of pyridine rings is 1. The highest BCUT2D eigenvalue weighted by atomic mass is 16.5. The van der Waals surface area contributed by atoms with Gasteiger partial charge in [0, 0.05) is 74.8 Å². The molecule has 5 atom stereocenters. The number of methoxy groups -OCH3 is 1. The van der Waals surface area contributed by atoms with E-state index in [4.69, 9.17) is 14.5 Å². The molecule has 4 aromatic rings. The number of benzene rings is 2. The number of nitriles is 1. The summed E-state index contributed by atoms with van der Waals surface area (Å²) in [6.07, 6.45) is 4.40. The Hall–Kier alpha value is -6.37. The van der Waals surface area contributed by atoms with Crippen molar-refractivity contribution < 1.29 is 33.4 Å². The summed E-state index contributed by atoms with van der Waals surface area (Å²) in [6, 6.07) is 17.5. The number of cyclic esters (lactones) is 1. The molecule has 0 radical (unpaired) electrons. The molecule has 15 nitrogen and oxygen atoms in total. The molecule has 3 aliphatic heterocycles. The maximum absolute atomic E-state index is 14.7. The van der Waals surface area contributed by atoms with Crippen molar-refractivity contribution in [2.75, 3.05) is 40.4 Å². The Kier molecular flexibility index (Phi) is 14.4. The number of fused-ring (bicyclic) bond motifs is 6. The molecular formula is C52H64N8O7. The normalized spacial score (nSPS) is 21.8. The number of amides is 4.